The van der Waals surface area contributed by atoms with Crippen LogP contribution in [0.3, 0.4) is 0 Å². The summed E-state index contributed by atoms with van der Waals surface area (Å²) in [4.78, 5) is 7.62. The Labute approximate surface area is 217 Å². The van der Waals surface area contributed by atoms with E-state index in [4.69, 9.17) is 0 Å². The van der Waals surface area contributed by atoms with Gasteiger partial charge in [0.1, 0.15) is 0 Å². The fraction of sp³-hybridized carbons (Fsp3) is 1.00. The highest BCUT2D eigenvalue weighted by Crippen LogP contribution is 2.55. The largest absolute Gasteiger partial charge is 0.306 e. The summed E-state index contributed by atoms with van der Waals surface area (Å²) in [6, 6.07) is 0.698. The van der Waals surface area contributed by atoms with Gasteiger partial charge in [0.15, 0.2) is 0 Å². The van der Waals surface area contributed by atoms with Crippen LogP contribution < -0.4 is 0 Å². The van der Waals surface area contributed by atoms with Gasteiger partial charge in [-0.1, -0.05) is 62.3 Å². The van der Waals surface area contributed by atoms with Crippen LogP contribution in [-0.2, 0) is 0 Å². The number of piperidine rings is 2. The van der Waals surface area contributed by atoms with Crippen LogP contribution in [0.5, 0.6) is 0 Å². The van der Waals surface area contributed by atoms with Crippen molar-refractivity contribution in [2.75, 3.05) is 53.4 Å². The molecule has 3 heterocycles. The number of likely N-dealkylation sites (tertiary alicyclic amines) is 1. The third-order valence-corrected chi connectivity index (χ3v) is 9.18. The zero-order chi connectivity index (χ0) is 26.5. The highest BCUT2D eigenvalue weighted by Gasteiger charge is 2.47. The molecule has 1 atom stereocenters. The zero-order valence-corrected chi connectivity index (χ0v) is 26.1. The summed E-state index contributed by atoms with van der Waals surface area (Å²) in [5.74, 6) is 2.85. The quantitative estimate of drug-likeness (QED) is 0.395. The van der Waals surface area contributed by atoms with Crippen molar-refractivity contribution in [3.05, 3.63) is 0 Å². The van der Waals surface area contributed by atoms with Crippen LogP contribution in [-0.4, -0.2) is 74.1 Å². The first-order valence-corrected chi connectivity index (χ1v) is 15.2. The van der Waals surface area contributed by atoms with E-state index in [1.165, 1.54) is 77.8 Å². The van der Waals surface area contributed by atoms with Crippen LogP contribution >= 0.6 is 0 Å². The summed E-state index contributed by atoms with van der Waals surface area (Å²) < 4.78 is 0. The van der Waals surface area contributed by atoms with E-state index in [-0.39, 0.29) is 0 Å². The minimum atomic E-state index is 0.666. The van der Waals surface area contributed by atoms with Gasteiger partial charge in [0.2, 0.25) is 0 Å². The molecule has 1 unspecified atom stereocenters. The number of rotatable bonds is 5. The summed E-state index contributed by atoms with van der Waals surface area (Å²) in [5.41, 5.74) is 1.44. The van der Waals surface area contributed by atoms with Gasteiger partial charge in [-0.05, 0) is 121 Å². The predicted octanol–water partition coefficient (Wildman–Crippen LogP) is 7.90. The molecule has 1 saturated carbocycles. The van der Waals surface area contributed by atoms with Crippen molar-refractivity contribution in [3.63, 3.8) is 0 Å². The molecule has 4 aliphatic rings. The van der Waals surface area contributed by atoms with Crippen LogP contribution in [0.25, 0.3) is 0 Å². The minimum absolute atomic E-state index is 0.666. The topological polar surface area (TPSA) is 9.72 Å². The van der Waals surface area contributed by atoms with Crippen LogP contribution in [0.4, 0.5) is 0 Å². The summed E-state index contributed by atoms with van der Waals surface area (Å²) in [6.07, 6.45) is 8.85. The Kier molecular flexibility index (Phi) is 16.5. The molecule has 1 aliphatic carbocycles. The molecular weight excluding hydrogens is 414 g/mol. The first kappa shape index (κ1) is 33.9. The van der Waals surface area contributed by atoms with E-state index in [0.29, 0.717) is 11.5 Å². The zero-order valence-electron chi connectivity index (χ0n) is 26.1. The molecule has 34 heavy (non-hydrogen) atoms. The van der Waals surface area contributed by atoms with Gasteiger partial charge >= 0.3 is 0 Å². The normalized spacial score (nSPS) is 28.1. The minimum Gasteiger partial charge on any atom is -0.306 e. The molecule has 0 radical (unpaired) electrons. The van der Waals surface area contributed by atoms with Gasteiger partial charge in [-0.15, -0.1) is 0 Å². The van der Waals surface area contributed by atoms with Crippen molar-refractivity contribution in [1.29, 1.82) is 0 Å². The lowest BCUT2D eigenvalue weighted by Gasteiger charge is -2.54. The fourth-order valence-corrected chi connectivity index (χ4v) is 6.21. The number of hydrogen-bond acceptors (Lipinski definition) is 3. The molecule has 1 spiro atoms. The van der Waals surface area contributed by atoms with Gasteiger partial charge in [-0.2, -0.15) is 0 Å². The maximum Gasteiger partial charge on any atom is 0.00512 e. The molecule has 0 amide bonds. The Bertz CT molecular complexity index is 477. The van der Waals surface area contributed by atoms with E-state index in [1.807, 2.05) is 41.5 Å². The molecule has 206 valence electrons. The molecule has 4 rings (SSSR count). The van der Waals surface area contributed by atoms with E-state index in [0.717, 1.165) is 23.2 Å². The molecule has 0 N–H and O–H groups in total. The Morgan fingerprint density at radius 2 is 1.24 bits per heavy atom. The second kappa shape index (κ2) is 16.6. The maximum atomic E-state index is 2.62. The first-order chi connectivity index (χ1) is 16.1. The second-order valence-electron chi connectivity index (χ2n) is 11.9. The van der Waals surface area contributed by atoms with Crippen molar-refractivity contribution in [2.45, 2.75) is 121 Å². The van der Waals surface area contributed by atoms with Crippen molar-refractivity contribution in [2.24, 2.45) is 28.6 Å². The first-order valence-electron chi connectivity index (χ1n) is 15.2. The van der Waals surface area contributed by atoms with E-state index in [9.17, 15) is 0 Å². The Morgan fingerprint density at radius 3 is 1.59 bits per heavy atom. The molecule has 0 aromatic rings. The molecule has 0 aromatic carbocycles. The van der Waals surface area contributed by atoms with Gasteiger partial charge in [-0.25, -0.2) is 0 Å². The number of nitrogens with zero attached hydrogens (tertiary/aromatic N) is 3. The highest BCUT2D eigenvalue weighted by atomic mass is 15.2. The van der Waals surface area contributed by atoms with Gasteiger partial charge < -0.3 is 14.7 Å². The van der Waals surface area contributed by atoms with Gasteiger partial charge in [0.05, 0.1) is 0 Å². The average molecular weight is 482 g/mol. The highest BCUT2D eigenvalue weighted by molar-refractivity contribution is 4.99. The smallest absolute Gasteiger partial charge is 0.00512 e. The SMILES string of the molecule is CC.CC.CC.CC(C)C(C)C1CC2(CCN(C)CC2)C1.CC(C)N(C)CC12CCN(CC1)C2. The average Bonchev–Trinajstić information content (AvgIpc) is 3.43. The molecule has 3 aliphatic heterocycles. The molecule has 0 aromatic heterocycles. The molecule has 4 fully saturated rings. The van der Waals surface area contributed by atoms with Crippen molar-refractivity contribution < 1.29 is 0 Å². The summed E-state index contributed by atoms with van der Waals surface area (Å²) in [5, 5.41) is 0. The Morgan fingerprint density at radius 1 is 0.765 bits per heavy atom. The van der Waals surface area contributed by atoms with E-state index in [1.54, 1.807) is 0 Å². The van der Waals surface area contributed by atoms with E-state index >= 15 is 0 Å². The van der Waals surface area contributed by atoms with E-state index < -0.39 is 0 Å². The molecule has 3 heteroatoms. The van der Waals surface area contributed by atoms with Gasteiger partial charge in [-0.3, -0.25) is 0 Å². The maximum absolute atomic E-state index is 2.62. The lowest BCUT2D eigenvalue weighted by molar-refractivity contribution is -0.0372. The Hall–Kier alpha value is -0.120. The molecule has 3 saturated heterocycles. The summed E-state index contributed by atoms with van der Waals surface area (Å²) in [6.45, 7) is 31.8. The predicted molar refractivity (Wildman–Crippen MR) is 156 cm³/mol. The van der Waals surface area contributed by atoms with Crippen molar-refractivity contribution in [3.8, 4) is 0 Å². The summed E-state index contributed by atoms with van der Waals surface area (Å²) in [7, 11) is 4.53. The third-order valence-electron chi connectivity index (χ3n) is 9.18. The van der Waals surface area contributed by atoms with Crippen molar-refractivity contribution >= 4 is 0 Å². The van der Waals surface area contributed by atoms with Gasteiger partial charge in [0.25, 0.3) is 0 Å². The third kappa shape index (κ3) is 9.74. The lowest BCUT2D eigenvalue weighted by Crippen LogP contribution is -2.48. The fourth-order valence-electron chi connectivity index (χ4n) is 6.21. The molecule has 2 bridgehead atoms. The standard InChI is InChI=1S/C14H27N.C11H22N2.3C2H6/c1-11(2)12(3)13-9-14(10-13)5-7-15(4)8-6-14;1-10(2)12(3)8-11-4-6-13(9-11)7-5-11;3*1-2/h11-13H,5-10H2,1-4H3;10H,4-9H2,1-3H3;3*1-2H3. The van der Waals surface area contributed by atoms with Crippen LogP contribution in [0.15, 0.2) is 0 Å². The number of fused-ring (bicyclic) bond motifs is 2. The summed E-state index contributed by atoms with van der Waals surface area (Å²) >= 11 is 0. The van der Waals surface area contributed by atoms with Crippen molar-refractivity contribution in [1.82, 2.24) is 14.7 Å². The van der Waals surface area contributed by atoms with Crippen LogP contribution in [0.1, 0.15) is 115 Å². The number of hydrogen-bond donors (Lipinski definition) is 0. The molecular formula is C31H67N3. The lowest BCUT2D eigenvalue weighted by atomic mass is 9.54. The molecule has 3 nitrogen and oxygen atoms in total. The van der Waals surface area contributed by atoms with E-state index in [2.05, 4.69) is 63.4 Å². The van der Waals surface area contributed by atoms with Crippen LogP contribution in [0, 0.1) is 28.6 Å². The van der Waals surface area contributed by atoms with Gasteiger partial charge in [0, 0.05) is 19.1 Å². The Balaban J connectivity index is 0.000000529. The van der Waals surface area contributed by atoms with Crippen LogP contribution in [0.2, 0.25) is 0 Å². The second-order valence-corrected chi connectivity index (χ2v) is 11.9. The monoisotopic (exact) mass is 482 g/mol.